The van der Waals surface area contributed by atoms with Gasteiger partial charge in [-0.15, -0.1) is 0 Å². The number of nitrogens with one attached hydrogen (secondary N) is 2. The Labute approximate surface area is 108 Å². The summed E-state index contributed by atoms with van der Waals surface area (Å²) in [4.78, 5) is 22.9. The SMILES string of the molecule is CC(O)CNC(=O)CNC(=O)CC1CCCCC1. The molecule has 1 aliphatic carbocycles. The maximum atomic E-state index is 11.6. The fraction of sp³-hybridized carbons (Fsp3) is 0.846. The van der Waals surface area contributed by atoms with Crippen molar-refractivity contribution in [2.45, 2.75) is 51.6 Å². The first kappa shape index (κ1) is 15.0. The van der Waals surface area contributed by atoms with E-state index in [-0.39, 0.29) is 24.9 Å². The zero-order valence-corrected chi connectivity index (χ0v) is 11.1. The van der Waals surface area contributed by atoms with Crippen LogP contribution >= 0.6 is 0 Å². The van der Waals surface area contributed by atoms with E-state index >= 15 is 0 Å². The van der Waals surface area contributed by atoms with Crippen LogP contribution in [0.25, 0.3) is 0 Å². The Morgan fingerprint density at radius 1 is 1.17 bits per heavy atom. The van der Waals surface area contributed by atoms with Gasteiger partial charge < -0.3 is 15.7 Å². The molecule has 0 aromatic rings. The summed E-state index contributed by atoms with van der Waals surface area (Å²) >= 11 is 0. The number of hydrogen-bond donors (Lipinski definition) is 3. The molecule has 18 heavy (non-hydrogen) atoms. The average molecular weight is 256 g/mol. The van der Waals surface area contributed by atoms with Crippen LogP contribution in [-0.4, -0.2) is 36.1 Å². The van der Waals surface area contributed by atoms with Crippen LogP contribution in [0.4, 0.5) is 0 Å². The zero-order chi connectivity index (χ0) is 13.4. The minimum absolute atomic E-state index is 0.00171. The van der Waals surface area contributed by atoms with E-state index in [0.29, 0.717) is 12.3 Å². The Balaban J connectivity index is 2.10. The molecule has 0 radical (unpaired) electrons. The molecule has 0 heterocycles. The zero-order valence-electron chi connectivity index (χ0n) is 11.1. The third-order valence-electron chi connectivity index (χ3n) is 3.24. The molecule has 0 spiro atoms. The molecule has 0 aromatic carbocycles. The molecular weight excluding hydrogens is 232 g/mol. The van der Waals surface area contributed by atoms with Crippen molar-refractivity contribution in [1.82, 2.24) is 10.6 Å². The van der Waals surface area contributed by atoms with E-state index in [1.807, 2.05) is 0 Å². The predicted octanol–water partition coefficient (Wildman–Crippen LogP) is 0.570. The summed E-state index contributed by atoms with van der Waals surface area (Å²) in [6.45, 7) is 1.82. The molecule has 1 unspecified atom stereocenters. The second-order valence-corrected chi connectivity index (χ2v) is 5.14. The summed E-state index contributed by atoms with van der Waals surface area (Å²) in [6, 6.07) is 0. The summed E-state index contributed by atoms with van der Waals surface area (Å²) in [5.74, 6) is 0.182. The molecule has 3 N–H and O–H groups in total. The van der Waals surface area contributed by atoms with Crippen LogP contribution in [-0.2, 0) is 9.59 Å². The van der Waals surface area contributed by atoms with Crippen LogP contribution in [0, 0.1) is 5.92 Å². The highest BCUT2D eigenvalue weighted by Gasteiger charge is 2.17. The van der Waals surface area contributed by atoms with Crippen molar-refractivity contribution in [3.63, 3.8) is 0 Å². The van der Waals surface area contributed by atoms with E-state index in [0.717, 1.165) is 12.8 Å². The highest BCUT2D eigenvalue weighted by molar-refractivity contribution is 5.84. The number of aliphatic hydroxyl groups excluding tert-OH is 1. The number of aliphatic hydroxyl groups is 1. The van der Waals surface area contributed by atoms with Crippen molar-refractivity contribution in [3.8, 4) is 0 Å². The van der Waals surface area contributed by atoms with Crippen LogP contribution in [0.15, 0.2) is 0 Å². The van der Waals surface area contributed by atoms with Gasteiger partial charge in [0.05, 0.1) is 12.6 Å². The molecule has 0 bridgehead atoms. The summed E-state index contributed by atoms with van der Waals surface area (Å²) < 4.78 is 0. The van der Waals surface area contributed by atoms with Crippen molar-refractivity contribution in [2.75, 3.05) is 13.1 Å². The Morgan fingerprint density at radius 2 is 1.83 bits per heavy atom. The maximum absolute atomic E-state index is 11.6. The molecule has 0 aliphatic heterocycles. The number of carbonyl (C=O) groups excluding carboxylic acids is 2. The van der Waals surface area contributed by atoms with Gasteiger partial charge in [0.2, 0.25) is 11.8 Å². The second-order valence-electron chi connectivity index (χ2n) is 5.14. The molecule has 1 rings (SSSR count). The lowest BCUT2D eigenvalue weighted by Gasteiger charge is -2.20. The van der Waals surface area contributed by atoms with E-state index in [9.17, 15) is 9.59 Å². The Bertz CT molecular complexity index is 273. The summed E-state index contributed by atoms with van der Waals surface area (Å²) in [7, 11) is 0. The van der Waals surface area contributed by atoms with Crippen molar-refractivity contribution >= 4 is 11.8 Å². The minimum atomic E-state index is -0.563. The molecule has 104 valence electrons. The standard InChI is InChI=1S/C13H24N2O3/c1-10(16)8-14-13(18)9-15-12(17)7-11-5-3-2-4-6-11/h10-11,16H,2-9H2,1H3,(H,14,18)(H,15,17). The fourth-order valence-corrected chi connectivity index (χ4v) is 2.23. The van der Waals surface area contributed by atoms with E-state index in [2.05, 4.69) is 10.6 Å². The molecule has 0 aromatic heterocycles. The first-order valence-electron chi connectivity index (χ1n) is 6.79. The van der Waals surface area contributed by atoms with Crippen LogP contribution in [0.5, 0.6) is 0 Å². The monoisotopic (exact) mass is 256 g/mol. The summed E-state index contributed by atoms with van der Waals surface area (Å²) in [5.41, 5.74) is 0. The Kier molecular flexibility index (Phi) is 6.72. The van der Waals surface area contributed by atoms with Gasteiger partial charge in [-0.25, -0.2) is 0 Å². The normalized spacial score (nSPS) is 18.1. The van der Waals surface area contributed by atoms with E-state index in [1.165, 1.54) is 19.3 Å². The van der Waals surface area contributed by atoms with Gasteiger partial charge in [0.1, 0.15) is 0 Å². The lowest BCUT2D eigenvalue weighted by Crippen LogP contribution is -2.39. The third kappa shape index (κ3) is 6.59. The van der Waals surface area contributed by atoms with Gasteiger partial charge in [0.15, 0.2) is 0 Å². The molecule has 1 saturated carbocycles. The Morgan fingerprint density at radius 3 is 2.44 bits per heavy atom. The molecule has 1 aliphatic rings. The van der Waals surface area contributed by atoms with E-state index in [4.69, 9.17) is 5.11 Å². The molecule has 1 atom stereocenters. The molecule has 5 nitrogen and oxygen atoms in total. The lowest BCUT2D eigenvalue weighted by atomic mass is 9.87. The molecule has 5 heteroatoms. The molecule has 2 amide bonds. The number of rotatable bonds is 6. The lowest BCUT2D eigenvalue weighted by molar-refractivity contribution is -0.126. The van der Waals surface area contributed by atoms with Gasteiger partial charge in [0.25, 0.3) is 0 Å². The smallest absolute Gasteiger partial charge is 0.239 e. The topological polar surface area (TPSA) is 78.4 Å². The van der Waals surface area contributed by atoms with Gasteiger partial charge >= 0.3 is 0 Å². The van der Waals surface area contributed by atoms with E-state index < -0.39 is 6.10 Å². The van der Waals surface area contributed by atoms with Crippen molar-refractivity contribution in [1.29, 1.82) is 0 Å². The maximum Gasteiger partial charge on any atom is 0.239 e. The van der Waals surface area contributed by atoms with Crippen molar-refractivity contribution in [3.05, 3.63) is 0 Å². The van der Waals surface area contributed by atoms with E-state index in [1.54, 1.807) is 6.92 Å². The molecular formula is C13H24N2O3. The first-order valence-corrected chi connectivity index (χ1v) is 6.79. The number of amides is 2. The number of carbonyl (C=O) groups is 2. The van der Waals surface area contributed by atoms with Crippen LogP contribution in [0.3, 0.4) is 0 Å². The van der Waals surface area contributed by atoms with Gasteiger partial charge in [-0.3, -0.25) is 9.59 Å². The number of hydrogen-bond acceptors (Lipinski definition) is 3. The van der Waals surface area contributed by atoms with Crippen molar-refractivity contribution < 1.29 is 14.7 Å². The molecule has 1 fully saturated rings. The van der Waals surface area contributed by atoms with Gasteiger partial charge in [-0.05, 0) is 25.7 Å². The third-order valence-corrected chi connectivity index (χ3v) is 3.24. The fourth-order valence-electron chi connectivity index (χ4n) is 2.23. The van der Waals surface area contributed by atoms with Crippen LogP contribution < -0.4 is 10.6 Å². The predicted molar refractivity (Wildman–Crippen MR) is 68.9 cm³/mol. The minimum Gasteiger partial charge on any atom is -0.392 e. The second kappa shape index (κ2) is 8.08. The highest BCUT2D eigenvalue weighted by atomic mass is 16.3. The van der Waals surface area contributed by atoms with Gasteiger partial charge in [-0.2, -0.15) is 0 Å². The van der Waals surface area contributed by atoms with Crippen LogP contribution in [0.2, 0.25) is 0 Å². The van der Waals surface area contributed by atoms with Gasteiger partial charge in [0, 0.05) is 13.0 Å². The van der Waals surface area contributed by atoms with Gasteiger partial charge in [-0.1, -0.05) is 19.3 Å². The largest absolute Gasteiger partial charge is 0.392 e. The quantitative estimate of drug-likeness (QED) is 0.650. The molecule has 0 saturated heterocycles. The average Bonchev–Trinajstić information content (AvgIpc) is 2.35. The summed E-state index contributed by atoms with van der Waals surface area (Å²) in [5, 5.41) is 14.2. The highest BCUT2D eigenvalue weighted by Crippen LogP contribution is 2.25. The summed E-state index contributed by atoms with van der Waals surface area (Å²) in [6.07, 6.45) is 5.93. The Hall–Kier alpha value is -1.10. The van der Waals surface area contributed by atoms with Crippen molar-refractivity contribution in [2.24, 2.45) is 5.92 Å². The van der Waals surface area contributed by atoms with Crippen LogP contribution in [0.1, 0.15) is 45.4 Å². The first-order chi connectivity index (χ1) is 8.58.